The van der Waals surface area contributed by atoms with Gasteiger partial charge in [0.15, 0.2) is 0 Å². The van der Waals surface area contributed by atoms with E-state index in [2.05, 4.69) is 12.6 Å². The van der Waals surface area contributed by atoms with E-state index in [9.17, 15) is 9.18 Å². The van der Waals surface area contributed by atoms with Crippen LogP contribution >= 0.6 is 12.6 Å². The maximum absolute atomic E-state index is 12.4. The van der Waals surface area contributed by atoms with Crippen LogP contribution in [0.2, 0.25) is 0 Å². The van der Waals surface area contributed by atoms with Crippen LogP contribution in [0.15, 0.2) is 24.3 Å². The van der Waals surface area contributed by atoms with Crippen LogP contribution in [0.3, 0.4) is 0 Å². The van der Waals surface area contributed by atoms with E-state index in [1.54, 1.807) is 0 Å². The summed E-state index contributed by atoms with van der Waals surface area (Å²) in [7, 11) is 0. The zero-order chi connectivity index (χ0) is 9.68. The van der Waals surface area contributed by atoms with E-state index < -0.39 is 5.97 Å². The maximum Gasteiger partial charge on any atom is 0.338 e. The first-order chi connectivity index (χ1) is 6.24. The van der Waals surface area contributed by atoms with Gasteiger partial charge in [-0.1, -0.05) is 0 Å². The zero-order valence-electron chi connectivity index (χ0n) is 6.87. The van der Waals surface area contributed by atoms with Gasteiger partial charge in [0, 0.05) is 5.75 Å². The quantitative estimate of drug-likeness (QED) is 0.596. The number of benzene rings is 1. The lowest BCUT2D eigenvalue weighted by Gasteiger charge is -2.01. The SMILES string of the molecule is O=C(OCCS)c1ccc(F)cc1. The van der Waals surface area contributed by atoms with Gasteiger partial charge in [-0.05, 0) is 24.3 Å². The summed E-state index contributed by atoms with van der Waals surface area (Å²) in [5.74, 6) is -0.341. The third-order valence-electron chi connectivity index (χ3n) is 1.40. The van der Waals surface area contributed by atoms with E-state index in [1.807, 2.05) is 0 Å². The average molecular weight is 200 g/mol. The largest absolute Gasteiger partial charge is 0.461 e. The number of thiol groups is 1. The Morgan fingerprint density at radius 2 is 2.00 bits per heavy atom. The van der Waals surface area contributed by atoms with Gasteiger partial charge >= 0.3 is 5.97 Å². The highest BCUT2D eigenvalue weighted by molar-refractivity contribution is 7.80. The van der Waals surface area contributed by atoms with Crippen LogP contribution in [-0.2, 0) is 4.74 Å². The second-order valence-electron chi connectivity index (χ2n) is 2.37. The molecule has 0 aliphatic rings. The second-order valence-corrected chi connectivity index (χ2v) is 2.81. The van der Waals surface area contributed by atoms with Crippen molar-refractivity contribution in [1.29, 1.82) is 0 Å². The Balaban J connectivity index is 2.61. The molecule has 0 aromatic heterocycles. The number of esters is 1. The van der Waals surface area contributed by atoms with Crippen LogP contribution in [0.4, 0.5) is 4.39 Å². The molecule has 1 rings (SSSR count). The van der Waals surface area contributed by atoms with Gasteiger partial charge in [0.25, 0.3) is 0 Å². The van der Waals surface area contributed by atoms with Gasteiger partial charge < -0.3 is 4.74 Å². The van der Waals surface area contributed by atoms with E-state index in [0.29, 0.717) is 11.3 Å². The minimum absolute atomic E-state index is 0.263. The van der Waals surface area contributed by atoms with Crippen LogP contribution in [0.5, 0.6) is 0 Å². The molecule has 0 atom stereocenters. The molecule has 0 heterocycles. The van der Waals surface area contributed by atoms with Gasteiger partial charge in [-0.3, -0.25) is 0 Å². The molecule has 0 aliphatic carbocycles. The molecule has 13 heavy (non-hydrogen) atoms. The van der Waals surface area contributed by atoms with Crippen molar-refractivity contribution in [3.63, 3.8) is 0 Å². The molecule has 1 aromatic carbocycles. The minimum Gasteiger partial charge on any atom is -0.461 e. The Hall–Kier alpha value is -1.03. The lowest BCUT2D eigenvalue weighted by molar-refractivity contribution is 0.0530. The van der Waals surface area contributed by atoms with Crippen LogP contribution < -0.4 is 0 Å². The number of ether oxygens (including phenoxy) is 1. The van der Waals surface area contributed by atoms with Crippen molar-refractivity contribution in [2.45, 2.75) is 0 Å². The molecule has 4 heteroatoms. The van der Waals surface area contributed by atoms with Gasteiger partial charge in [0.2, 0.25) is 0 Å². The van der Waals surface area contributed by atoms with Crippen LogP contribution in [-0.4, -0.2) is 18.3 Å². The zero-order valence-corrected chi connectivity index (χ0v) is 7.76. The number of carbonyl (C=O) groups is 1. The summed E-state index contributed by atoms with van der Waals surface area (Å²) < 4.78 is 17.2. The van der Waals surface area contributed by atoms with E-state index in [-0.39, 0.29) is 12.4 Å². The van der Waals surface area contributed by atoms with Gasteiger partial charge in [-0.2, -0.15) is 12.6 Å². The first-order valence-corrected chi connectivity index (χ1v) is 4.41. The first-order valence-electron chi connectivity index (χ1n) is 3.77. The monoisotopic (exact) mass is 200 g/mol. The lowest BCUT2D eigenvalue weighted by Crippen LogP contribution is -2.06. The third-order valence-corrected chi connectivity index (χ3v) is 1.59. The van der Waals surface area contributed by atoms with E-state index in [4.69, 9.17) is 4.74 Å². The summed E-state index contributed by atoms with van der Waals surface area (Å²) in [5, 5.41) is 0. The molecular weight excluding hydrogens is 191 g/mol. The molecule has 0 bridgehead atoms. The highest BCUT2D eigenvalue weighted by Crippen LogP contribution is 2.04. The molecule has 0 unspecified atom stereocenters. The Bertz CT molecular complexity index is 284. The summed E-state index contributed by atoms with van der Waals surface area (Å²) in [6.07, 6.45) is 0. The van der Waals surface area contributed by atoms with Crippen molar-refractivity contribution in [2.75, 3.05) is 12.4 Å². The van der Waals surface area contributed by atoms with E-state index in [0.717, 1.165) is 0 Å². The second kappa shape index (κ2) is 4.87. The fourth-order valence-corrected chi connectivity index (χ4v) is 0.899. The predicted octanol–water partition coefficient (Wildman–Crippen LogP) is 1.91. The van der Waals surface area contributed by atoms with Crippen molar-refractivity contribution in [1.82, 2.24) is 0 Å². The number of hydrogen-bond acceptors (Lipinski definition) is 3. The molecule has 2 nitrogen and oxygen atoms in total. The summed E-state index contributed by atoms with van der Waals surface area (Å²) in [6.45, 7) is 0.263. The van der Waals surface area contributed by atoms with Crippen molar-refractivity contribution >= 4 is 18.6 Å². The number of carbonyl (C=O) groups excluding carboxylic acids is 1. The summed E-state index contributed by atoms with van der Waals surface area (Å²) in [4.78, 5) is 11.1. The Morgan fingerprint density at radius 1 is 1.38 bits per heavy atom. The summed E-state index contributed by atoms with van der Waals surface area (Å²) >= 11 is 3.89. The van der Waals surface area contributed by atoms with E-state index >= 15 is 0 Å². The first kappa shape index (κ1) is 10.1. The molecule has 0 saturated heterocycles. The molecule has 0 spiro atoms. The average Bonchev–Trinajstić information content (AvgIpc) is 2.15. The topological polar surface area (TPSA) is 26.3 Å². The highest BCUT2D eigenvalue weighted by Gasteiger charge is 2.05. The Morgan fingerprint density at radius 3 is 2.54 bits per heavy atom. The molecule has 0 aliphatic heterocycles. The van der Waals surface area contributed by atoms with Crippen LogP contribution in [0.1, 0.15) is 10.4 Å². The van der Waals surface area contributed by atoms with Crippen molar-refractivity contribution < 1.29 is 13.9 Å². The van der Waals surface area contributed by atoms with Crippen molar-refractivity contribution in [3.05, 3.63) is 35.6 Å². The highest BCUT2D eigenvalue weighted by atomic mass is 32.1. The fourth-order valence-electron chi connectivity index (χ4n) is 0.808. The Labute approximate surface area is 81.1 Å². The van der Waals surface area contributed by atoms with Gasteiger partial charge in [-0.25, -0.2) is 9.18 Å². The summed E-state index contributed by atoms with van der Waals surface area (Å²) in [5.41, 5.74) is 0.350. The molecule has 1 aromatic rings. The summed E-state index contributed by atoms with van der Waals surface area (Å²) in [6, 6.07) is 5.21. The number of rotatable bonds is 3. The molecule has 70 valence electrons. The number of halogens is 1. The van der Waals surface area contributed by atoms with E-state index in [1.165, 1.54) is 24.3 Å². The Kier molecular flexibility index (Phi) is 3.76. The molecule has 0 fully saturated rings. The molecule has 0 radical (unpaired) electrons. The smallest absolute Gasteiger partial charge is 0.338 e. The predicted molar refractivity (Wildman–Crippen MR) is 50.5 cm³/mol. The lowest BCUT2D eigenvalue weighted by atomic mass is 10.2. The minimum atomic E-state index is -0.450. The molecule has 0 N–H and O–H groups in total. The molecule has 0 saturated carbocycles. The molecule has 0 amide bonds. The van der Waals surface area contributed by atoms with Gasteiger partial charge in [-0.15, -0.1) is 0 Å². The standard InChI is InChI=1S/C9H9FO2S/c10-8-3-1-7(2-4-8)9(11)12-5-6-13/h1-4,13H,5-6H2. The van der Waals surface area contributed by atoms with Crippen molar-refractivity contribution in [3.8, 4) is 0 Å². The van der Waals surface area contributed by atoms with Crippen LogP contribution in [0.25, 0.3) is 0 Å². The fraction of sp³-hybridized carbons (Fsp3) is 0.222. The number of hydrogen-bond donors (Lipinski definition) is 1. The van der Waals surface area contributed by atoms with Crippen molar-refractivity contribution in [2.24, 2.45) is 0 Å². The van der Waals surface area contributed by atoms with Gasteiger partial charge in [0.05, 0.1) is 5.56 Å². The third kappa shape index (κ3) is 3.06. The maximum atomic E-state index is 12.4. The molecular formula is C9H9FO2S. The normalized spacial score (nSPS) is 9.69. The van der Waals surface area contributed by atoms with Gasteiger partial charge in [0.1, 0.15) is 12.4 Å². The van der Waals surface area contributed by atoms with Crippen LogP contribution in [0, 0.1) is 5.82 Å².